The lowest BCUT2D eigenvalue weighted by Gasteiger charge is -2.31. The zero-order valence-electron chi connectivity index (χ0n) is 10.8. The highest BCUT2D eigenvalue weighted by molar-refractivity contribution is 5.77. The van der Waals surface area contributed by atoms with E-state index in [9.17, 15) is 10.1 Å². The fourth-order valence-electron chi connectivity index (χ4n) is 2.40. The van der Waals surface area contributed by atoms with Crippen LogP contribution in [-0.2, 0) is 9.53 Å². The average Bonchev–Trinajstić information content (AvgIpc) is 2.30. The first-order valence-corrected chi connectivity index (χ1v) is 6.33. The van der Waals surface area contributed by atoms with Gasteiger partial charge in [-0.3, -0.25) is 4.79 Å². The molecule has 1 saturated carbocycles. The molecule has 0 radical (unpaired) electrons. The van der Waals surface area contributed by atoms with Crippen molar-refractivity contribution in [1.82, 2.24) is 5.32 Å². The molecular formula is C13H22N2O2. The SMILES string of the molecule is COCC(C)CC(=O)NC1(C#N)CCCCC1. The maximum absolute atomic E-state index is 11.8. The molecule has 1 aliphatic carbocycles. The maximum Gasteiger partial charge on any atom is 0.221 e. The van der Waals surface area contributed by atoms with Gasteiger partial charge in [0.15, 0.2) is 0 Å². The van der Waals surface area contributed by atoms with Crippen LogP contribution in [0.4, 0.5) is 0 Å². The van der Waals surface area contributed by atoms with Gasteiger partial charge >= 0.3 is 0 Å². The first kappa shape index (κ1) is 14.0. The van der Waals surface area contributed by atoms with Crippen LogP contribution >= 0.6 is 0 Å². The number of amides is 1. The Morgan fingerprint density at radius 3 is 2.65 bits per heavy atom. The third-order valence-electron chi connectivity index (χ3n) is 3.28. The number of methoxy groups -OCH3 is 1. The van der Waals surface area contributed by atoms with Crippen LogP contribution in [0.25, 0.3) is 0 Å². The second-order valence-corrected chi connectivity index (χ2v) is 5.07. The second-order valence-electron chi connectivity index (χ2n) is 5.07. The maximum atomic E-state index is 11.8. The predicted octanol–water partition coefficient (Wildman–Crippen LogP) is 2.00. The summed E-state index contributed by atoms with van der Waals surface area (Å²) >= 11 is 0. The van der Waals surface area contributed by atoms with Crippen LogP contribution < -0.4 is 5.32 Å². The van der Waals surface area contributed by atoms with Crippen molar-refractivity contribution in [2.45, 2.75) is 51.0 Å². The normalized spacial score (nSPS) is 20.3. The Balaban J connectivity index is 2.45. The molecule has 1 fully saturated rings. The van der Waals surface area contributed by atoms with Gasteiger partial charge < -0.3 is 10.1 Å². The Morgan fingerprint density at radius 1 is 1.47 bits per heavy atom. The fraction of sp³-hybridized carbons (Fsp3) is 0.846. The van der Waals surface area contributed by atoms with E-state index in [-0.39, 0.29) is 11.8 Å². The average molecular weight is 238 g/mol. The van der Waals surface area contributed by atoms with E-state index in [0.717, 1.165) is 25.7 Å². The predicted molar refractivity (Wildman–Crippen MR) is 65.2 cm³/mol. The Kier molecular flexibility index (Phi) is 5.43. The van der Waals surface area contributed by atoms with Crippen molar-refractivity contribution in [3.05, 3.63) is 0 Å². The number of hydrogen-bond donors (Lipinski definition) is 1. The number of carbonyl (C=O) groups is 1. The molecule has 4 nitrogen and oxygen atoms in total. The summed E-state index contributed by atoms with van der Waals surface area (Å²) in [6.07, 6.45) is 5.22. The van der Waals surface area contributed by atoms with Crippen molar-refractivity contribution in [1.29, 1.82) is 5.26 Å². The summed E-state index contributed by atoms with van der Waals surface area (Å²) in [7, 11) is 1.63. The van der Waals surface area contributed by atoms with Crippen molar-refractivity contribution >= 4 is 5.91 Å². The summed E-state index contributed by atoms with van der Waals surface area (Å²) in [5.74, 6) is 0.164. The van der Waals surface area contributed by atoms with Gasteiger partial charge in [-0.15, -0.1) is 0 Å². The largest absolute Gasteiger partial charge is 0.384 e. The van der Waals surface area contributed by atoms with Crippen LogP contribution in [-0.4, -0.2) is 25.2 Å². The number of nitrogens with one attached hydrogen (secondary N) is 1. The molecular weight excluding hydrogens is 216 g/mol. The summed E-state index contributed by atoms with van der Waals surface area (Å²) in [5, 5.41) is 12.2. The molecule has 96 valence electrons. The molecule has 1 unspecified atom stereocenters. The van der Waals surface area contributed by atoms with Gasteiger partial charge in [-0.2, -0.15) is 5.26 Å². The Labute approximate surface area is 103 Å². The highest BCUT2D eigenvalue weighted by Gasteiger charge is 2.33. The first-order valence-electron chi connectivity index (χ1n) is 6.33. The molecule has 1 N–H and O–H groups in total. The zero-order chi connectivity index (χ0) is 12.7. The topological polar surface area (TPSA) is 62.1 Å². The van der Waals surface area contributed by atoms with Gasteiger partial charge in [-0.05, 0) is 18.8 Å². The van der Waals surface area contributed by atoms with Gasteiger partial charge in [-0.1, -0.05) is 26.2 Å². The molecule has 0 spiro atoms. The van der Waals surface area contributed by atoms with Crippen LogP contribution in [0.5, 0.6) is 0 Å². The molecule has 1 amide bonds. The van der Waals surface area contributed by atoms with Gasteiger partial charge in [0.1, 0.15) is 5.54 Å². The van der Waals surface area contributed by atoms with Gasteiger partial charge in [-0.25, -0.2) is 0 Å². The molecule has 1 aliphatic rings. The van der Waals surface area contributed by atoms with Crippen LogP contribution in [0.15, 0.2) is 0 Å². The van der Waals surface area contributed by atoms with Gasteiger partial charge in [0, 0.05) is 20.1 Å². The lowest BCUT2D eigenvalue weighted by Crippen LogP contribution is -2.49. The molecule has 1 rings (SSSR count). The summed E-state index contributed by atoms with van der Waals surface area (Å²) in [6, 6.07) is 2.29. The van der Waals surface area contributed by atoms with Crippen molar-refractivity contribution in [2.24, 2.45) is 5.92 Å². The molecule has 1 atom stereocenters. The Hall–Kier alpha value is -1.08. The van der Waals surface area contributed by atoms with Crippen LogP contribution in [0.2, 0.25) is 0 Å². The molecule has 0 heterocycles. The minimum absolute atomic E-state index is 0.0296. The lowest BCUT2D eigenvalue weighted by atomic mass is 9.82. The number of carbonyl (C=O) groups excluding carboxylic acids is 1. The number of hydrogen-bond acceptors (Lipinski definition) is 3. The van der Waals surface area contributed by atoms with E-state index >= 15 is 0 Å². The van der Waals surface area contributed by atoms with Gasteiger partial charge in [0.25, 0.3) is 0 Å². The third-order valence-corrected chi connectivity index (χ3v) is 3.28. The Bertz CT molecular complexity index is 290. The van der Waals surface area contributed by atoms with Crippen molar-refractivity contribution in [3.8, 4) is 6.07 Å². The second kappa shape index (κ2) is 6.61. The Morgan fingerprint density at radius 2 is 2.12 bits per heavy atom. The number of nitrogens with zero attached hydrogens (tertiary/aromatic N) is 1. The molecule has 0 saturated heterocycles. The van der Waals surface area contributed by atoms with Crippen LogP contribution in [0, 0.1) is 17.2 Å². The zero-order valence-corrected chi connectivity index (χ0v) is 10.8. The van der Waals surface area contributed by atoms with E-state index in [1.54, 1.807) is 7.11 Å². The van der Waals surface area contributed by atoms with Crippen molar-refractivity contribution < 1.29 is 9.53 Å². The third kappa shape index (κ3) is 4.35. The molecule has 0 aromatic carbocycles. The quantitative estimate of drug-likeness (QED) is 0.796. The first-order chi connectivity index (χ1) is 8.12. The number of nitriles is 1. The molecule has 17 heavy (non-hydrogen) atoms. The molecule has 0 aromatic rings. The van der Waals surface area contributed by atoms with Gasteiger partial charge in [0.2, 0.25) is 5.91 Å². The smallest absolute Gasteiger partial charge is 0.221 e. The molecule has 0 aliphatic heterocycles. The summed E-state index contributed by atoms with van der Waals surface area (Å²) in [6.45, 7) is 2.55. The summed E-state index contributed by atoms with van der Waals surface area (Å²) in [5.41, 5.74) is -0.609. The van der Waals surface area contributed by atoms with Gasteiger partial charge in [0.05, 0.1) is 6.07 Å². The van der Waals surface area contributed by atoms with E-state index in [0.29, 0.717) is 13.0 Å². The van der Waals surface area contributed by atoms with Crippen molar-refractivity contribution in [3.63, 3.8) is 0 Å². The van der Waals surface area contributed by atoms with E-state index in [1.165, 1.54) is 6.42 Å². The van der Waals surface area contributed by atoms with E-state index in [1.807, 2.05) is 6.92 Å². The molecule has 0 aromatic heterocycles. The van der Waals surface area contributed by atoms with Crippen LogP contribution in [0.3, 0.4) is 0 Å². The van der Waals surface area contributed by atoms with Crippen LogP contribution in [0.1, 0.15) is 45.4 Å². The van der Waals surface area contributed by atoms with E-state index < -0.39 is 5.54 Å². The minimum Gasteiger partial charge on any atom is -0.384 e. The monoisotopic (exact) mass is 238 g/mol. The molecule has 4 heteroatoms. The summed E-state index contributed by atoms with van der Waals surface area (Å²) in [4.78, 5) is 11.8. The lowest BCUT2D eigenvalue weighted by molar-refractivity contribution is -0.124. The number of rotatable bonds is 5. The highest BCUT2D eigenvalue weighted by Crippen LogP contribution is 2.27. The van der Waals surface area contributed by atoms with E-state index in [2.05, 4.69) is 11.4 Å². The standard InChI is InChI=1S/C13H22N2O2/c1-11(9-17-2)8-12(16)15-13(10-14)6-4-3-5-7-13/h11H,3-9H2,1-2H3,(H,15,16). The number of ether oxygens (including phenoxy) is 1. The highest BCUT2D eigenvalue weighted by atomic mass is 16.5. The minimum atomic E-state index is -0.609. The molecule has 0 bridgehead atoms. The van der Waals surface area contributed by atoms with Crippen molar-refractivity contribution in [2.75, 3.05) is 13.7 Å². The van der Waals surface area contributed by atoms with E-state index in [4.69, 9.17) is 4.74 Å². The summed E-state index contributed by atoms with van der Waals surface area (Å²) < 4.78 is 5.00. The fourth-order valence-corrected chi connectivity index (χ4v) is 2.40.